The molecule has 3 rings (SSSR count). The number of aryl methyl sites for hydroxylation is 1. The van der Waals surface area contributed by atoms with Crippen LogP contribution in [0.2, 0.25) is 0 Å². The van der Waals surface area contributed by atoms with E-state index in [0.29, 0.717) is 17.1 Å². The first-order valence-corrected chi connectivity index (χ1v) is 9.67. The van der Waals surface area contributed by atoms with Crippen LogP contribution in [0.4, 0.5) is 5.00 Å². The molecule has 0 aliphatic heterocycles. The van der Waals surface area contributed by atoms with Gasteiger partial charge in [0.05, 0.1) is 18.4 Å². The quantitative estimate of drug-likeness (QED) is 0.472. The molecule has 0 spiro atoms. The molecular weight excluding hydrogens is 390 g/mol. The summed E-state index contributed by atoms with van der Waals surface area (Å²) in [6.45, 7) is 4.12. The molecule has 3 aromatic rings. The summed E-state index contributed by atoms with van der Waals surface area (Å²) >= 11 is 1.23. The Kier molecular flexibility index (Phi) is 6.32. The van der Waals surface area contributed by atoms with Crippen LogP contribution in [-0.2, 0) is 20.9 Å². The number of ether oxygens (including phenoxy) is 1. The molecule has 0 atom stereocenters. The SMILES string of the molecule is Cc1cc(/C=C/C(=O)OCC(=O)Nc2sccc2C#N)c(C)n1Cc1ccco1. The van der Waals surface area contributed by atoms with Crippen LogP contribution < -0.4 is 5.32 Å². The number of carbonyl (C=O) groups is 2. The maximum absolute atomic E-state index is 11.9. The third-order valence-corrected chi connectivity index (χ3v) is 5.12. The van der Waals surface area contributed by atoms with Crippen molar-refractivity contribution in [2.45, 2.75) is 20.4 Å². The Morgan fingerprint density at radius 2 is 2.21 bits per heavy atom. The summed E-state index contributed by atoms with van der Waals surface area (Å²) < 4.78 is 12.5. The predicted molar refractivity (Wildman–Crippen MR) is 109 cm³/mol. The summed E-state index contributed by atoms with van der Waals surface area (Å²) in [6, 6.07) is 9.31. The molecule has 0 aliphatic rings. The monoisotopic (exact) mass is 409 g/mol. The van der Waals surface area contributed by atoms with Crippen LogP contribution in [-0.4, -0.2) is 23.1 Å². The zero-order valence-corrected chi connectivity index (χ0v) is 16.8. The van der Waals surface area contributed by atoms with Crippen molar-refractivity contribution in [3.8, 4) is 6.07 Å². The van der Waals surface area contributed by atoms with Gasteiger partial charge in [0, 0.05) is 17.5 Å². The molecule has 0 saturated heterocycles. The first-order chi connectivity index (χ1) is 14.0. The number of nitrogens with zero attached hydrogens (tertiary/aromatic N) is 2. The number of aromatic nitrogens is 1. The number of nitrogens with one attached hydrogen (secondary N) is 1. The number of hydrogen-bond acceptors (Lipinski definition) is 6. The molecule has 0 bridgehead atoms. The maximum Gasteiger partial charge on any atom is 0.331 e. The van der Waals surface area contributed by atoms with E-state index in [9.17, 15) is 9.59 Å². The van der Waals surface area contributed by atoms with Gasteiger partial charge in [0.1, 0.15) is 16.8 Å². The second kappa shape index (κ2) is 9.08. The zero-order chi connectivity index (χ0) is 20.8. The van der Waals surface area contributed by atoms with Crippen LogP contribution in [0.1, 0.15) is 28.3 Å². The molecule has 7 nitrogen and oxygen atoms in total. The third-order valence-electron chi connectivity index (χ3n) is 4.29. The fraction of sp³-hybridized carbons (Fsp3) is 0.190. The van der Waals surface area contributed by atoms with Gasteiger partial charge in [-0.05, 0) is 55.1 Å². The van der Waals surface area contributed by atoms with Crippen LogP contribution in [0.5, 0.6) is 0 Å². The van der Waals surface area contributed by atoms with Gasteiger partial charge in [0.25, 0.3) is 5.91 Å². The zero-order valence-electron chi connectivity index (χ0n) is 16.0. The highest BCUT2D eigenvalue weighted by atomic mass is 32.1. The van der Waals surface area contributed by atoms with Gasteiger partial charge in [-0.25, -0.2) is 4.79 Å². The Morgan fingerprint density at radius 1 is 1.38 bits per heavy atom. The van der Waals surface area contributed by atoms with E-state index in [2.05, 4.69) is 9.88 Å². The molecule has 1 N–H and O–H groups in total. The normalized spacial score (nSPS) is 10.8. The molecule has 0 saturated carbocycles. The number of anilines is 1. The van der Waals surface area contributed by atoms with Gasteiger partial charge in [-0.2, -0.15) is 5.26 Å². The van der Waals surface area contributed by atoms with E-state index in [1.54, 1.807) is 23.8 Å². The van der Waals surface area contributed by atoms with Crippen LogP contribution in [0.15, 0.2) is 46.4 Å². The van der Waals surface area contributed by atoms with Crippen molar-refractivity contribution in [3.63, 3.8) is 0 Å². The van der Waals surface area contributed by atoms with Crippen LogP contribution in [0, 0.1) is 25.2 Å². The van der Waals surface area contributed by atoms with Gasteiger partial charge in [-0.15, -0.1) is 11.3 Å². The molecule has 8 heteroatoms. The topological polar surface area (TPSA) is 97.3 Å². The van der Waals surface area contributed by atoms with Crippen LogP contribution in [0.25, 0.3) is 6.08 Å². The average Bonchev–Trinajstić information content (AvgIpc) is 3.43. The molecule has 148 valence electrons. The van der Waals surface area contributed by atoms with Crippen molar-refractivity contribution in [1.29, 1.82) is 5.26 Å². The summed E-state index contributed by atoms with van der Waals surface area (Å²) in [4.78, 5) is 23.8. The fourth-order valence-corrected chi connectivity index (χ4v) is 3.55. The number of esters is 1. The minimum absolute atomic E-state index is 0.375. The number of furan rings is 1. The van der Waals surface area contributed by atoms with Crippen molar-refractivity contribution in [2.24, 2.45) is 0 Å². The second-order valence-electron chi connectivity index (χ2n) is 6.26. The Balaban J connectivity index is 1.55. The van der Waals surface area contributed by atoms with Gasteiger partial charge >= 0.3 is 5.97 Å². The summed E-state index contributed by atoms with van der Waals surface area (Å²) in [5.41, 5.74) is 3.28. The number of carbonyl (C=O) groups excluding carboxylic acids is 2. The van der Waals surface area contributed by atoms with Crippen molar-refractivity contribution in [1.82, 2.24) is 4.57 Å². The number of rotatable bonds is 7. The molecule has 29 heavy (non-hydrogen) atoms. The summed E-state index contributed by atoms with van der Waals surface area (Å²) in [6.07, 6.45) is 4.59. The van der Waals surface area contributed by atoms with Crippen molar-refractivity contribution >= 4 is 34.3 Å². The summed E-state index contributed by atoms with van der Waals surface area (Å²) in [5, 5.41) is 13.6. The molecule has 1 amide bonds. The molecule has 0 unspecified atom stereocenters. The Hall–Kier alpha value is -3.57. The number of amides is 1. The minimum Gasteiger partial charge on any atom is -0.467 e. The average molecular weight is 409 g/mol. The first-order valence-electron chi connectivity index (χ1n) is 8.79. The minimum atomic E-state index is -0.623. The van der Waals surface area contributed by atoms with Crippen LogP contribution >= 0.6 is 11.3 Å². The molecule has 0 aliphatic carbocycles. The van der Waals surface area contributed by atoms with Gasteiger partial charge in [-0.3, -0.25) is 4.79 Å². The second-order valence-corrected chi connectivity index (χ2v) is 7.17. The molecular formula is C21H19N3O4S. The predicted octanol–water partition coefficient (Wildman–Crippen LogP) is 3.87. The van der Waals surface area contributed by atoms with E-state index in [-0.39, 0.29) is 0 Å². The highest BCUT2D eigenvalue weighted by Crippen LogP contribution is 2.22. The highest BCUT2D eigenvalue weighted by molar-refractivity contribution is 7.14. The van der Waals surface area contributed by atoms with Gasteiger partial charge < -0.3 is 19.0 Å². The molecule has 0 radical (unpaired) electrons. The Bertz CT molecular complexity index is 1080. The fourth-order valence-electron chi connectivity index (χ4n) is 2.80. The van der Waals surface area contributed by atoms with Gasteiger partial charge in [0.15, 0.2) is 6.61 Å². The Morgan fingerprint density at radius 3 is 2.93 bits per heavy atom. The highest BCUT2D eigenvalue weighted by Gasteiger charge is 2.11. The lowest BCUT2D eigenvalue weighted by molar-refractivity contribution is -0.142. The van der Waals surface area contributed by atoms with E-state index < -0.39 is 18.5 Å². The summed E-state index contributed by atoms with van der Waals surface area (Å²) in [5.74, 6) is -0.275. The molecule has 0 aromatic carbocycles. The van der Waals surface area contributed by atoms with Crippen LogP contribution in [0.3, 0.4) is 0 Å². The van der Waals surface area contributed by atoms with E-state index >= 15 is 0 Å². The lowest BCUT2D eigenvalue weighted by Gasteiger charge is -2.07. The smallest absolute Gasteiger partial charge is 0.331 e. The number of thiophene rings is 1. The van der Waals surface area contributed by atoms with Crippen molar-refractivity contribution < 1.29 is 18.7 Å². The lowest BCUT2D eigenvalue weighted by atomic mass is 10.2. The van der Waals surface area contributed by atoms with Gasteiger partial charge in [-0.1, -0.05) is 0 Å². The van der Waals surface area contributed by atoms with Crippen molar-refractivity contribution in [2.75, 3.05) is 11.9 Å². The van der Waals surface area contributed by atoms with Gasteiger partial charge in [0.2, 0.25) is 0 Å². The lowest BCUT2D eigenvalue weighted by Crippen LogP contribution is -2.20. The largest absolute Gasteiger partial charge is 0.467 e. The number of hydrogen-bond donors (Lipinski definition) is 1. The first kappa shape index (κ1) is 20.2. The van der Waals surface area contributed by atoms with E-state index in [1.165, 1.54) is 17.4 Å². The maximum atomic E-state index is 11.9. The third kappa shape index (κ3) is 5.03. The van der Waals surface area contributed by atoms with Crippen molar-refractivity contribution in [3.05, 3.63) is 70.3 Å². The number of nitriles is 1. The molecule has 3 heterocycles. The van der Waals surface area contributed by atoms with E-state index in [0.717, 1.165) is 22.7 Å². The molecule has 0 fully saturated rings. The van der Waals surface area contributed by atoms with E-state index in [1.807, 2.05) is 38.1 Å². The Labute approximate surface area is 171 Å². The molecule has 3 aromatic heterocycles. The standard InChI is InChI=1S/C21H19N3O4S/c1-14-10-16(15(2)24(14)12-18-4-3-8-27-18)5-6-20(26)28-13-19(25)23-21-17(11-22)7-9-29-21/h3-10H,12-13H2,1-2H3,(H,23,25)/b6-5+. The summed E-state index contributed by atoms with van der Waals surface area (Å²) in [7, 11) is 0. The van der Waals surface area contributed by atoms with E-state index in [4.69, 9.17) is 14.4 Å².